The number of fused-ring (bicyclic) bond motifs is 1. The van der Waals surface area contributed by atoms with Crippen LogP contribution in [-0.2, 0) is 0 Å². The maximum Gasteiger partial charge on any atom is 0.0437 e. The van der Waals surface area contributed by atoms with Gasteiger partial charge in [0.25, 0.3) is 0 Å². The Hall–Kier alpha value is -1.71. The fraction of sp³-hybridized carbons (Fsp3) is 0.500. The Labute approximate surface area is 179 Å². The first-order valence-corrected chi connectivity index (χ1v) is 12.4. The van der Waals surface area contributed by atoms with E-state index in [0.29, 0.717) is 11.8 Å². The number of rotatable bonds is 6. The molecule has 1 aliphatic carbocycles. The molecule has 152 valence electrons. The van der Waals surface area contributed by atoms with Crippen molar-refractivity contribution in [3.05, 3.63) is 65.3 Å². The third kappa shape index (κ3) is 4.27. The lowest BCUT2D eigenvalue weighted by Gasteiger charge is -2.31. The van der Waals surface area contributed by atoms with Crippen LogP contribution >= 0.6 is 11.3 Å². The van der Waals surface area contributed by atoms with E-state index < -0.39 is 0 Å². The number of likely N-dealkylation sites (tertiary alicyclic amines) is 1. The van der Waals surface area contributed by atoms with Crippen LogP contribution in [0.25, 0.3) is 10.1 Å². The van der Waals surface area contributed by atoms with Gasteiger partial charge in [0.2, 0.25) is 0 Å². The zero-order valence-electron chi connectivity index (χ0n) is 17.3. The van der Waals surface area contributed by atoms with E-state index in [2.05, 4.69) is 52.7 Å². The Balaban J connectivity index is 1.25. The van der Waals surface area contributed by atoms with Gasteiger partial charge in [0, 0.05) is 29.1 Å². The van der Waals surface area contributed by atoms with Crippen LogP contribution in [0.5, 0.6) is 0 Å². The fourth-order valence-electron chi connectivity index (χ4n) is 5.71. The van der Waals surface area contributed by atoms with Gasteiger partial charge in [0.15, 0.2) is 0 Å². The zero-order chi connectivity index (χ0) is 19.5. The summed E-state index contributed by atoms with van der Waals surface area (Å²) in [5.74, 6) is 2.16. The van der Waals surface area contributed by atoms with Gasteiger partial charge in [-0.3, -0.25) is 4.98 Å². The average molecular weight is 405 g/mol. The Kier molecular flexibility index (Phi) is 5.96. The highest BCUT2D eigenvalue weighted by molar-refractivity contribution is 7.17. The summed E-state index contributed by atoms with van der Waals surface area (Å²) >= 11 is 1.91. The Morgan fingerprint density at radius 3 is 2.79 bits per heavy atom. The van der Waals surface area contributed by atoms with E-state index >= 15 is 0 Å². The SMILES string of the molecule is c1ccc(C(CCN2CCC(c3cccc4ccsc34)C2)C2CCCCC2)nc1. The number of pyridine rings is 1. The molecule has 2 unspecified atom stereocenters. The van der Waals surface area contributed by atoms with Crippen LogP contribution in [-0.4, -0.2) is 29.5 Å². The number of thiophene rings is 1. The molecule has 2 nitrogen and oxygen atoms in total. The number of nitrogens with zero attached hydrogens (tertiary/aromatic N) is 2. The second-order valence-corrected chi connectivity index (χ2v) is 9.94. The molecular formula is C26H32N2S. The maximum atomic E-state index is 4.77. The molecule has 2 aromatic heterocycles. The van der Waals surface area contributed by atoms with Crippen molar-refractivity contribution in [2.24, 2.45) is 5.92 Å². The zero-order valence-corrected chi connectivity index (χ0v) is 18.1. The topological polar surface area (TPSA) is 16.1 Å². The van der Waals surface area contributed by atoms with Crippen LogP contribution in [0, 0.1) is 5.92 Å². The van der Waals surface area contributed by atoms with Crippen LogP contribution in [0.1, 0.15) is 68.0 Å². The molecule has 3 aromatic rings. The predicted molar refractivity (Wildman–Crippen MR) is 124 cm³/mol. The van der Waals surface area contributed by atoms with E-state index in [1.807, 2.05) is 17.5 Å². The molecular weight excluding hydrogens is 372 g/mol. The molecule has 1 aromatic carbocycles. The van der Waals surface area contributed by atoms with Crippen molar-refractivity contribution in [1.29, 1.82) is 0 Å². The van der Waals surface area contributed by atoms with E-state index in [4.69, 9.17) is 4.98 Å². The summed E-state index contributed by atoms with van der Waals surface area (Å²) in [4.78, 5) is 7.49. The summed E-state index contributed by atoms with van der Waals surface area (Å²) in [5, 5.41) is 3.65. The summed E-state index contributed by atoms with van der Waals surface area (Å²) in [6, 6.07) is 15.6. The second-order valence-electron chi connectivity index (χ2n) is 9.02. The minimum Gasteiger partial charge on any atom is -0.303 e. The van der Waals surface area contributed by atoms with Gasteiger partial charge in [-0.15, -0.1) is 11.3 Å². The highest BCUT2D eigenvalue weighted by Gasteiger charge is 2.29. The summed E-state index contributed by atoms with van der Waals surface area (Å²) in [7, 11) is 0. The molecule has 0 radical (unpaired) electrons. The average Bonchev–Trinajstić information content (AvgIpc) is 3.45. The molecule has 0 N–H and O–H groups in total. The molecule has 2 atom stereocenters. The van der Waals surface area contributed by atoms with Crippen LogP contribution in [0.3, 0.4) is 0 Å². The van der Waals surface area contributed by atoms with Crippen LogP contribution in [0.4, 0.5) is 0 Å². The monoisotopic (exact) mass is 404 g/mol. The van der Waals surface area contributed by atoms with Crippen molar-refractivity contribution in [3.63, 3.8) is 0 Å². The van der Waals surface area contributed by atoms with Crippen LogP contribution in [0.15, 0.2) is 54.0 Å². The molecule has 0 spiro atoms. The molecule has 1 saturated heterocycles. The number of hydrogen-bond donors (Lipinski definition) is 0. The van der Waals surface area contributed by atoms with E-state index in [9.17, 15) is 0 Å². The molecule has 0 amide bonds. The molecule has 5 rings (SSSR count). The maximum absolute atomic E-state index is 4.77. The first-order chi connectivity index (χ1) is 14.4. The summed E-state index contributed by atoms with van der Waals surface area (Å²) in [6.45, 7) is 3.68. The van der Waals surface area contributed by atoms with Gasteiger partial charge >= 0.3 is 0 Å². The van der Waals surface area contributed by atoms with Gasteiger partial charge in [0.1, 0.15) is 0 Å². The lowest BCUT2D eigenvalue weighted by atomic mass is 9.77. The minimum absolute atomic E-state index is 0.635. The van der Waals surface area contributed by atoms with Gasteiger partial charge in [-0.05, 0) is 85.1 Å². The quantitative estimate of drug-likeness (QED) is 0.447. The Morgan fingerprint density at radius 2 is 1.93 bits per heavy atom. The van der Waals surface area contributed by atoms with Gasteiger partial charge in [-0.25, -0.2) is 0 Å². The normalized spacial score (nSPS) is 22.3. The number of aromatic nitrogens is 1. The number of hydrogen-bond acceptors (Lipinski definition) is 3. The number of benzene rings is 1. The van der Waals surface area contributed by atoms with Crippen molar-refractivity contribution in [3.8, 4) is 0 Å². The summed E-state index contributed by atoms with van der Waals surface area (Å²) in [5.41, 5.74) is 2.91. The third-order valence-electron chi connectivity index (χ3n) is 7.26. The molecule has 2 aliphatic rings. The molecule has 3 heterocycles. The van der Waals surface area contributed by atoms with Gasteiger partial charge < -0.3 is 4.90 Å². The van der Waals surface area contributed by atoms with Crippen LogP contribution < -0.4 is 0 Å². The third-order valence-corrected chi connectivity index (χ3v) is 8.24. The van der Waals surface area contributed by atoms with Crippen LogP contribution in [0.2, 0.25) is 0 Å². The Bertz CT molecular complexity index is 913. The lowest BCUT2D eigenvalue weighted by Crippen LogP contribution is -2.26. The summed E-state index contributed by atoms with van der Waals surface area (Å²) in [6.07, 6.45) is 11.6. The highest BCUT2D eigenvalue weighted by atomic mass is 32.1. The standard InChI is InChI=1S/C26H32N2S/c1-2-7-20(8-3-1)23(25-11-4-5-15-27-25)13-17-28-16-12-22(19-28)24-10-6-9-21-14-18-29-26(21)24/h4-6,9-11,14-15,18,20,22-23H,1-3,7-8,12-13,16-17,19H2. The predicted octanol–water partition coefficient (Wildman–Crippen LogP) is 6.84. The van der Waals surface area contributed by atoms with Gasteiger partial charge in [-0.2, -0.15) is 0 Å². The first-order valence-electron chi connectivity index (χ1n) is 11.5. The van der Waals surface area contributed by atoms with Gasteiger partial charge in [0.05, 0.1) is 0 Å². The van der Waals surface area contributed by atoms with Crippen molar-refractivity contribution in [1.82, 2.24) is 9.88 Å². The molecule has 2 fully saturated rings. The first kappa shape index (κ1) is 19.3. The van der Waals surface area contributed by atoms with E-state index in [0.717, 1.165) is 5.92 Å². The molecule has 1 saturated carbocycles. The highest BCUT2D eigenvalue weighted by Crippen LogP contribution is 2.39. The second kappa shape index (κ2) is 8.97. The molecule has 3 heteroatoms. The Morgan fingerprint density at radius 1 is 1.00 bits per heavy atom. The van der Waals surface area contributed by atoms with Crippen molar-refractivity contribution >= 4 is 21.4 Å². The van der Waals surface area contributed by atoms with Crippen molar-refractivity contribution in [2.45, 2.75) is 56.8 Å². The van der Waals surface area contributed by atoms with Crippen molar-refractivity contribution < 1.29 is 0 Å². The van der Waals surface area contributed by atoms with Crippen molar-refractivity contribution in [2.75, 3.05) is 19.6 Å². The molecule has 29 heavy (non-hydrogen) atoms. The summed E-state index contributed by atoms with van der Waals surface area (Å²) < 4.78 is 1.51. The largest absolute Gasteiger partial charge is 0.303 e. The molecule has 0 bridgehead atoms. The smallest absolute Gasteiger partial charge is 0.0437 e. The van der Waals surface area contributed by atoms with E-state index in [-0.39, 0.29) is 0 Å². The lowest BCUT2D eigenvalue weighted by molar-refractivity contribution is 0.253. The van der Waals surface area contributed by atoms with Gasteiger partial charge in [-0.1, -0.05) is 43.5 Å². The molecule has 1 aliphatic heterocycles. The fourth-order valence-corrected chi connectivity index (χ4v) is 6.70. The van der Waals surface area contributed by atoms with E-state index in [1.165, 1.54) is 80.4 Å². The minimum atomic E-state index is 0.635. The van der Waals surface area contributed by atoms with E-state index in [1.54, 1.807) is 5.56 Å².